The van der Waals surface area contributed by atoms with Crippen LogP contribution in [0.1, 0.15) is 20.4 Å². The molecule has 0 saturated heterocycles. The predicted octanol–water partition coefficient (Wildman–Crippen LogP) is 3.72. The Morgan fingerprint density at radius 3 is 2.90 bits per heavy atom. The van der Waals surface area contributed by atoms with E-state index in [-0.39, 0.29) is 12.2 Å². The van der Waals surface area contributed by atoms with Gasteiger partial charge in [-0.3, -0.25) is 4.79 Å². The Kier molecular flexibility index (Phi) is 4.74. The Morgan fingerprint density at radius 2 is 2.30 bits per heavy atom. The number of hydrogen-bond donors (Lipinski definition) is 2. The minimum atomic E-state index is -0.573. The summed E-state index contributed by atoms with van der Waals surface area (Å²) in [5.74, 6) is -1.01. The SMILES string of the molecule is Cc1nc(CN)sc1C(=O)Nc1cc(Cl)c(Br)cc1F. The highest BCUT2D eigenvalue weighted by atomic mass is 79.9. The van der Waals surface area contributed by atoms with E-state index >= 15 is 0 Å². The Labute approximate surface area is 132 Å². The van der Waals surface area contributed by atoms with Crippen LogP contribution in [0.15, 0.2) is 16.6 Å². The number of aromatic nitrogens is 1. The topological polar surface area (TPSA) is 68.0 Å². The number of nitrogens with two attached hydrogens (primary N) is 1. The van der Waals surface area contributed by atoms with Gasteiger partial charge in [-0.25, -0.2) is 9.37 Å². The quantitative estimate of drug-likeness (QED) is 0.800. The first kappa shape index (κ1) is 15.4. The molecule has 8 heteroatoms. The molecular weight excluding hydrogens is 369 g/mol. The van der Waals surface area contributed by atoms with E-state index in [1.165, 1.54) is 23.5 Å². The second kappa shape index (κ2) is 6.17. The molecule has 1 heterocycles. The van der Waals surface area contributed by atoms with Crippen LogP contribution in [0.3, 0.4) is 0 Å². The van der Waals surface area contributed by atoms with Crippen LogP contribution in [0.4, 0.5) is 10.1 Å². The summed E-state index contributed by atoms with van der Waals surface area (Å²) < 4.78 is 14.2. The Hall–Kier alpha value is -1.02. The maximum Gasteiger partial charge on any atom is 0.267 e. The summed E-state index contributed by atoms with van der Waals surface area (Å²) in [6.45, 7) is 1.97. The highest BCUT2D eigenvalue weighted by Gasteiger charge is 2.17. The van der Waals surface area contributed by atoms with E-state index in [0.29, 0.717) is 25.1 Å². The van der Waals surface area contributed by atoms with Crippen LogP contribution in [0.2, 0.25) is 5.02 Å². The monoisotopic (exact) mass is 377 g/mol. The first-order chi connectivity index (χ1) is 9.42. The lowest BCUT2D eigenvalue weighted by molar-refractivity contribution is 0.102. The molecule has 0 aliphatic heterocycles. The van der Waals surface area contributed by atoms with E-state index in [0.717, 1.165) is 0 Å². The average Bonchev–Trinajstić information content (AvgIpc) is 2.77. The van der Waals surface area contributed by atoms with Crippen LogP contribution in [-0.4, -0.2) is 10.9 Å². The number of nitrogens with zero attached hydrogens (tertiary/aromatic N) is 1. The van der Waals surface area contributed by atoms with Crippen molar-refractivity contribution in [3.8, 4) is 0 Å². The standard InChI is InChI=1S/C12H10BrClFN3OS/c1-5-11(20-10(4-16)17-5)12(19)18-9-3-7(14)6(13)2-8(9)15/h2-3H,4,16H2,1H3,(H,18,19). The number of aryl methyl sites for hydroxylation is 1. The zero-order chi connectivity index (χ0) is 14.9. The van der Waals surface area contributed by atoms with Gasteiger partial charge in [0.2, 0.25) is 0 Å². The van der Waals surface area contributed by atoms with Gasteiger partial charge in [-0.05, 0) is 35.0 Å². The third-order valence-electron chi connectivity index (χ3n) is 2.48. The van der Waals surface area contributed by atoms with Gasteiger partial charge in [0.25, 0.3) is 5.91 Å². The fraction of sp³-hybridized carbons (Fsp3) is 0.167. The van der Waals surface area contributed by atoms with Crippen molar-refractivity contribution in [2.45, 2.75) is 13.5 Å². The van der Waals surface area contributed by atoms with E-state index in [4.69, 9.17) is 17.3 Å². The average molecular weight is 379 g/mol. The van der Waals surface area contributed by atoms with Crippen LogP contribution in [0.5, 0.6) is 0 Å². The first-order valence-corrected chi connectivity index (χ1v) is 7.53. The molecule has 4 nitrogen and oxygen atoms in total. The molecule has 0 bridgehead atoms. The van der Waals surface area contributed by atoms with E-state index in [2.05, 4.69) is 26.2 Å². The van der Waals surface area contributed by atoms with Crippen molar-refractivity contribution in [3.63, 3.8) is 0 Å². The number of nitrogens with one attached hydrogen (secondary N) is 1. The van der Waals surface area contributed by atoms with Crippen molar-refractivity contribution in [2.75, 3.05) is 5.32 Å². The molecule has 3 N–H and O–H groups in total. The smallest absolute Gasteiger partial charge is 0.267 e. The second-order valence-electron chi connectivity index (χ2n) is 3.93. The van der Waals surface area contributed by atoms with Crippen LogP contribution < -0.4 is 11.1 Å². The molecule has 0 spiro atoms. The van der Waals surface area contributed by atoms with Gasteiger partial charge in [-0.1, -0.05) is 11.6 Å². The van der Waals surface area contributed by atoms with Crippen molar-refractivity contribution < 1.29 is 9.18 Å². The first-order valence-electron chi connectivity index (χ1n) is 5.54. The predicted molar refractivity (Wildman–Crippen MR) is 81.8 cm³/mol. The van der Waals surface area contributed by atoms with Crippen molar-refractivity contribution in [1.29, 1.82) is 0 Å². The van der Waals surface area contributed by atoms with Crippen molar-refractivity contribution in [2.24, 2.45) is 5.73 Å². The molecule has 1 amide bonds. The van der Waals surface area contributed by atoms with E-state index < -0.39 is 11.7 Å². The molecule has 0 atom stereocenters. The van der Waals surface area contributed by atoms with Crippen molar-refractivity contribution in [1.82, 2.24) is 4.98 Å². The fourth-order valence-corrected chi connectivity index (χ4v) is 2.87. The maximum absolute atomic E-state index is 13.7. The van der Waals surface area contributed by atoms with Gasteiger partial charge < -0.3 is 11.1 Å². The largest absolute Gasteiger partial charge is 0.325 e. The molecule has 0 aliphatic carbocycles. The van der Waals surface area contributed by atoms with Gasteiger partial charge in [0.1, 0.15) is 15.7 Å². The summed E-state index contributed by atoms with van der Waals surface area (Å²) in [5.41, 5.74) is 6.06. The Morgan fingerprint density at radius 1 is 1.60 bits per heavy atom. The molecule has 2 aromatic rings. The highest BCUT2D eigenvalue weighted by Crippen LogP contribution is 2.29. The molecule has 0 saturated carbocycles. The molecule has 0 radical (unpaired) electrons. The van der Waals surface area contributed by atoms with E-state index in [9.17, 15) is 9.18 Å². The summed E-state index contributed by atoms with van der Waals surface area (Å²) in [6, 6.07) is 2.54. The fourth-order valence-electron chi connectivity index (χ4n) is 1.55. The Bertz CT molecular complexity index is 677. The van der Waals surface area contributed by atoms with Gasteiger partial charge in [-0.15, -0.1) is 11.3 Å². The zero-order valence-electron chi connectivity index (χ0n) is 10.3. The summed E-state index contributed by atoms with van der Waals surface area (Å²) in [6.07, 6.45) is 0. The number of anilines is 1. The lowest BCUT2D eigenvalue weighted by atomic mass is 10.3. The van der Waals surface area contributed by atoms with Gasteiger partial charge >= 0.3 is 0 Å². The summed E-state index contributed by atoms with van der Waals surface area (Å²) >= 11 is 10.2. The number of carbonyl (C=O) groups is 1. The molecule has 1 aromatic heterocycles. The van der Waals surface area contributed by atoms with Crippen molar-refractivity contribution >= 4 is 50.5 Å². The van der Waals surface area contributed by atoms with Gasteiger partial charge in [0.15, 0.2) is 0 Å². The maximum atomic E-state index is 13.7. The lowest BCUT2D eigenvalue weighted by Crippen LogP contribution is -2.12. The third-order valence-corrected chi connectivity index (χ3v) is 4.86. The molecule has 1 aromatic carbocycles. The van der Waals surface area contributed by atoms with Crippen LogP contribution in [-0.2, 0) is 6.54 Å². The minimum Gasteiger partial charge on any atom is -0.325 e. The van der Waals surface area contributed by atoms with Gasteiger partial charge in [0.05, 0.1) is 16.4 Å². The number of amides is 1. The number of carbonyl (C=O) groups excluding carboxylic acids is 1. The zero-order valence-corrected chi connectivity index (χ0v) is 13.5. The summed E-state index contributed by atoms with van der Waals surface area (Å²) in [4.78, 5) is 16.7. The number of halogens is 3. The molecule has 2 rings (SSSR count). The number of benzene rings is 1. The van der Waals surface area contributed by atoms with Crippen LogP contribution >= 0.6 is 38.9 Å². The van der Waals surface area contributed by atoms with E-state index in [1.54, 1.807) is 6.92 Å². The molecular formula is C12H10BrClFN3OS. The number of hydrogen-bond acceptors (Lipinski definition) is 4. The van der Waals surface area contributed by atoms with Gasteiger partial charge in [-0.2, -0.15) is 0 Å². The molecule has 106 valence electrons. The third kappa shape index (κ3) is 3.17. The van der Waals surface area contributed by atoms with Crippen LogP contribution in [0, 0.1) is 12.7 Å². The summed E-state index contributed by atoms with van der Waals surface area (Å²) in [7, 11) is 0. The lowest BCUT2D eigenvalue weighted by Gasteiger charge is -2.07. The minimum absolute atomic E-state index is 0.0188. The number of thiazole rings is 1. The molecule has 0 unspecified atom stereocenters. The summed E-state index contributed by atoms with van der Waals surface area (Å²) in [5, 5.41) is 3.45. The van der Waals surface area contributed by atoms with Crippen molar-refractivity contribution in [3.05, 3.63) is 43.0 Å². The second-order valence-corrected chi connectivity index (χ2v) is 6.27. The molecule has 0 fully saturated rings. The molecule has 0 aliphatic rings. The van der Waals surface area contributed by atoms with E-state index in [1.807, 2.05) is 0 Å². The number of rotatable bonds is 3. The van der Waals surface area contributed by atoms with Gasteiger partial charge in [0, 0.05) is 11.0 Å². The highest BCUT2D eigenvalue weighted by molar-refractivity contribution is 9.10. The molecule has 20 heavy (non-hydrogen) atoms. The Balaban J connectivity index is 2.27. The van der Waals surface area contributed by atoms with Crippen LogP contribution in [0.25, 0.3) is 0 Å². The normalized spacial score (nSPS) is 10.7.